The quantitative estimate of drug-likeness (QED) is 0.638. The molecule has 0 fully saturated rings. The maximum absolute atomic E-state index is 12.8. The van der Waals surface area contributed by atoms with Crippen molar-refractivity contribution in [1.82, 2.24) is 15.1 Å². The lowest BCUT2D eigenvalue weighted by Gasteiger charge is -2.18. The van der Waals surface area contributed by atoms with Gasteiger partial charge in [-0.2, -0.15) is 10.4 Å². The molecule has 1 heterocycles. The lowest BCUT2D eigenvalue weighted by molar-refractivity contribution is -0.145. The summed E-state index contributed by atoms with van der Waals surface area (Å²) in [4.78, 5) is 25.6. The molecule has 7 heteroatoms. The summed E-state index contributed by atoms with van der Waals surface area (Å²) in [5, 5.41) is 16.4. The Kier molecular flexibility index (Phi) is 6.28. The minimum absolute atomic E-state index is 0.181. The van der Waals surface area contributed by atoms with Gasteiger partial charge in [-0.05, 0) is 51.1 Å². The molecule has 1 atom stereocenters. The zero-order valence-corrected chi connectivity index (χ0v) is 17.0. The number of nitrogens with one attached hydrogen (secondary N) is 1. The number of carbonyl (C=O) groups is 2. The number of carbonyl (C=O) groups excluding carboxylic acids is 2. The first kappa shape index (κ1) is 20.8. The monoisotopic (exact) mass is 402 g/mol. The number of nitriles is 1. The van der Waals surface area contributed by atoms with Crippen molar-refractivity contribution in [2.24, 2.45) is 0 Å². The van der Waals surface area contributed by atoms with Crippen LogP contribution < -0.4 is 5.32 Å². The van der Waals surface area contributed by atoms with Crippen LogP contribution in [0.1, 0.15) is 45.8 Å². The fourth-order valence-electron chi connectivity index (χ4n) is 3.31. The highest BCUT2D eigenvalue weighted by molar-refractivity contribution is 5.97. The molecule has 0 aliphatic carbocycles. The molecule has 3 rings (SSSR count). The number of para-hydroxylation sites is 1. The number of hydrogen-bond donors (Lipinski definition) is 1. The van der Waals surface area contributed by atoms with Gasteiger partial charge in [0, 0.05) is 16.8 Å². The molecular formula is C23H22N4O3. The standard InChI is InChI=1S/C23H22N4O3/c1-4-30-23(29)21(25-22(28)18-10-8-9-17(13-18)14-24)20-15(2)26-27(16(20)3)19-11-6-5-7-12-19/h5-13,21H,4H2,1-3H3,(H,25,28)/t21-/m1/s1. The van der Waals surface area contributed by atoms with Gasteiger partial charge in [0.05, 0.1) is 29.6 Å². The van der Waals surface area contributed by atoms with Crippen molar-refractivity contribution in [3.63, 3.8) is 0 Å². The van der Waals surface area contributed by atoms with E-state index in [1.807, 2.05) is 43.3 Å². The fourth-order valence-corrected chi connectivity index (χ4v) is 3.31. The summed E-state index contributed by atoms with van der Waals surface area (Å²) in [5.41, 5.74) is 3.42. The first-order valence-corrected chi connectivity index (χ1v) is 9.55. The number of aromatic nitrogens is 2. The number of nitrogens with zero attached hydrogens (tertiary/aromatic N) is 3. The van der Waals surface area contributed by atoms with Crippen LogP contribution in [-0.2, 0) is 9.53 Å². The molecule has 1 amide bonds. The van der Waals surface area contributed by atoms with E-state index in [1.54, 1.807) is 36.7 Å². The lowest BCUT2D eigenvalue weighted by Crippen LogP contribution is -2.35. The molecule has 0 radical (unpaired) electrons. The highest BCUT2D eigenvalue weighted by atomic mass is 16.5. The molecule has 0 saturated carbocycles. The van der Waals surface area contributed by atoms with Gasteiger partial charge < -0.3 is 10.1 Å². The van der Waals surface area contributed by atoms with E-state index < -0.39 is 17.9 Å². The number of ether oxygens (including phenoxy) is 1. The summed E-state index contributed by atoms with van der Waals surface area (Å²) in [6.07, 6.45) is 0. The Morgan fingerprint density at radius 1 is 1.17 bits per heavy atom. The Morgan fingerprint density at radius 2 is 1.90 bits per heavy atom. The van der Waals surface area contributed by atoms with Crippen LogP contribution in [0.15, 0.2) is 54.6 Å². The summed E-state index contributed by atoms with van der Waals surface area (Å²) in [7, 11) is 0. The van der Waals surface area contributed by atoms with Gasteiger partial charge in [-0.15, -0.1) is 0 Å². The zero-order chi connectivity index (χ0) is 21.7. The summed E-state index contributed by atoms with van der Waals surface area (Å²) < 4.78 is 6.96. The number of benzene rings is 2. The maximum atomic E-state index is 12.8. The fraction of sp³-hybridized carbons (Fsp3) is 0.217. The van der Waals surface area contributed by atoms with Crippen molar-refractivity contribution in [2.45, 2.75) is 26.8 Å². The van der Waals surface area contributed by atoms with Crippen LogP contribution in [0.25, 0.3) is 5.69 Å². The first-order valence-electron chi connectivity index (χ1n) is 9.55. The van der Waals surface area contributed by atoms with Crippen molar-refractivity contribution in [1.29, 1.82) is 5.26 Å². The molecule has 2 aromatic carbocycles. The predicted octanol–water partition coefficient (Wildman–Crippen LogP) is 3.40. The van der Waals surface area contributed by atoms with Crippen LogP contribution in [0.4, 0.5) is 0 Å². The van der Waals surface area contributed by atoms with E-state index in [0.717, 1.165) is 11.4 Å². The Bertz CT molecular complexity index is 1110. The molecule has 1 N–H and O–H groups in total. The van der Waals surface area contributed by atoms with E-state index in [2.05, 4.69) is 10.4 Å². The summed E-state index contributed by atoms with van der Waals surface area (Å²) >= 11 is 0. The number of hydrogen-bond acceptors (Lipinski definition) is 5. The molecular weight excluding hydrogens is 380 g/mol. The number of rotatable bonds is 6. The molecule has 1 aromatic heterocycles. The van der Waals surface area contributed by atoms with Crippen LogP contribution in [0, 0.1) is 25.2 Å². The third-order valence-corrected chi connectivity index (χ3v) is 4.69. The average Bonchev–Trinajstić information content (AvgIpc) is 3.06. The molecule has 0 aliphatic heterocycles. The number of amides is 1. The zero-order valence-electron chi connectivity index (χ0n) is 17.0. The Hall–Kier alpha value is -3.92. The normalized spacial score (nSPS) is 11.4. The summed E-state index contributed by atoms with van der Waals surface area (Å²) in [6.45, 7) is 5.52. The Morgan fingerprint density at radius 3 is 2.57 bits per heavy atom. The van der Waals surface area contributed by atoms with E-state index in [0.29, 0.717) is 16.8 Å². The minimum atomic E-state index is -1.03. The highest BCUT2D eigenvalue weighted by Crippen LogP contribution is 2.26. The van der Waals surface area contributed by atoms with Gasteiger partial charge in [-0.3, -0.25) is 4.79 Å². The predicted molar refractivity (Wildman–Crippen MR) is 111 cm³/mol. The van der Waals surface area contributed by atoms with Crippen LogP contribution in [0.2, 0.25) is 0 Å². The van der Waals surface area contributed by atoms with Gasteiger partial charge in [0.2, 0.25) is 0 Å². The maximum Gasteiger partial charge on any atom is 0.333 e. The highest BCUT2D eigenvalue weighted by Gasteiger charge is 2.30. The SMILES string of the molecule is CCOC(=O)[C@H](NC(=O)c1cccc(C#N)c1)c1c(C)nn(-c2ccccc2)c1C. The lowest BCUT2D eigenvalue weighted by atomic mass is 10.0. The smallest absolute Gasteiger partial charge is 0.333 e. The van der Waals surface area contributed by atoms with E-state index in [-0.39, 0.29) is 12.2 Å². The van der Waals surface area contributed by atoms with Gasteiger partial charge in [-0.1, -0.05) is 24.3 Å². The Balaban J connectivity index is 2.01. The van der Waals surface area contributed by atoms with Crippen LogP contribution in [0.3, 0.4) is 0 Å². The van der Waals surface area contributed by atoms with Gasteiger partial charge in [0.25, 0.3) is 5.91 Å². The Labute approximate surface area is 174 Å². The number of aryl methyl sites for hydroxylation is 1. The van der Waals surface area contributed by atoms with Crippen molar-refractivity contribution < 1.29 is 14.3 Å². The molecule has 7 nitrogen and oxygen atoms in total. The summed E-state index contributed by atoms with van der Waals surface area (Å²) in [5.74, 6) is -1.04. The topological polar surface area (TPSA) is 97.0 Å². The van der Waals surface area contributed by atoms with Crippen LogP contribution in [-0.4, -0.2) is 28.3 Å². The van der Waals surface area contributed by atoms with E-state index in [9.17, 15) is 9.59 Å². The second-order valence-corrected chi connectivity index (χ2v) is 6.68. The molecule has 3 aromatic rings. The van der Waals surface area contributed by atoms with Crippen LogP contribution in [0.5, 0.6) is 0 Å². The van der Waals surface area contributed by atoms with E-state index >= 15 is 0 Å². The third kappa shape index (κ3) is 4.23. The molecule has 0 saturated heterocycles. The van der Waals surface area contributed by atoms with Gasteiger partial charge >= 0.3 is 5.97 Å². The number of esters is 1. The minimum Gasteiger partial charge on any atom is -0.464 e. The van der Waals surface area contributed by atoms with Crippen molar-refractivity contribution >= 4 is 11.9 Å². The second kappa shape index (κ2) is 9.05. The van der Waals surface area contributed by atoms with Crippen molar-refractivity contribution in [3.05, 3.63) is 82.7 Å². The van der Waals surface area contributed by atoms with Gasteiger partial charge in [0.15, 0.2) is 6.04 Å². The summed E-state index contributed by atoms with van der Waals surface area (Å²) in [6, 6.07) is 16.8. The largest absolute Gasteiger partial charge is 0.464 e. The molecule has 0 bridgehead atoms. The molecule has 152 valence electrons. The van der Waals surface area contributed by atoms with Gasteiger partial charge in [0.1, 0.15) is 0 Å². The average molecular weight is 402 g/mol. The molecule has 0 aliphatic rings. The third-order valence-electron chi connectivity index (χ3n) is 4.69. The first-order chi connectivity index (χ1) is 14.5. The molecule has 0 unspecified atom stereocenters. The second-order valence-electron chi connectivity index (χ2n) is 6.68. The van der Waals surface area contributed by atoms with Crippen molar-refractivity contribution in [2.75, 3.05) is 6.61 Å². The van der Waals surface area contributed by atoms with Crippen molar-refractivity contribution in [3.8, 4) is 11.8 Å². The molecule has 0 spiro atoms. The van der Waals surface area contributed by atoms with Gasteiger partial charge in [-0.25, -0.2) is 9.48 Å². The van der Waals surface area contributed by atoms with E-state index in [4.69, 9.17) is 10.00 Å². The molecule has 30 heavy (non-hydrogen) atoms. The van der Waals surface area contributed by atoms with E-state index in [1.165, 1.54) is 6.07 Å². The van der Waals surface area contributed by atoms with Crippen LogP contribution >= 0.6 is 0 Å².